The average molecular weight is 293 g/mol. The molecule has 4 N–H and O–H groups in total. The Morgan fingerprint density at radius 2 is 2.14 bits per heavy atom. The number of phenols is 1. The molecule has 0 bridgehead atoms. The molecule has 1 aromatic carbocycles. The van der Waals surface area contributed by atoms with Crippen LogP contribution in [0.4, 0.5) is 5.69 Å². The highest BCUT2D eigenvalue weighted by molar-refractivity contribution is 5.96. The zero-order chi connectivity index (χ0) is 15.9. The highest BCUT2D eigenvalue weighted by Crippen LogP contribution is 2.39. The van der Waals surface area contributed by atoms with Crippen LogP contribution in [-0.4, -0.2) is 31.7 Å². The Morgan fingerprint density at radius 1 is 1.52 bits per heavy atom. The number of aromatic nitrogens is 1. The maximum absolute atomic E-state index is 11.2. The Bertz CT molecular complexity index is 750. The fourth-order valence-corrected chi connectivity index (χ4v) is 2.45. The summed E-state index contributed by atoms with van der Waals surface area (Å²) < 4.78 is 1.71. The van der Waals surface area contributed by atoms with Crippen molar-refractivity contribution in [3.63, 3.8) is 0 Å². The number of carboxylic acids is 1. The molecule has 0 radical (unpaired) electrons. The lowest BCUT2D eigenvalue weighted by atomic mass is 10.0. The number of carboxylic acid groups (broad SMARTS) is 1. The van der Waals surface area contributed by atoms with Crippen molar-refractivity contribution in [2.24, 2.45) is 12.8 Å². The minimum Gasteiger partial charge on any atom is -0.502 e. The molecule has 0 spiro atoms. The van der Waals surface area contributed by atoms with Crippen LogP contribution in [0.15, 0.2) is 12.1 Å². The van der Waals surface area contributed by atoms with Gasteiger partial charge < -0.3 is 20.5 Å². The van der Waals surface area contributed by atoms with Crippen LogP contribution in [0.3, 0.4) is 0 Å². The molecule has 0 saturated carbocycles. The van der Waals surface area contributed by atoms with Crippen LogP contribution in [-0.2, 0) is 18.3 Å². The van der Waals surface area contributed by atoms with Crippen LogP contribution in [0.2, 0.25) is 0 Å². The van der Waals surface area contributed by atoms with Gasteiger partial charge in [-0.1, -0.05) is 0 Å². The Morgan fingerprint density at radius 3 is 2.67 bits per heavy atom. The van der Waals surface area contributed by atoms with Gasteiger partial charge in [-0.15, -0.1) is 0 Å². The fourth-order valence-electron chi connectivity index (χ4n) is 2.45. The Kier molecular flexibility index (Phi) is 3.56. The van der Waals surface area contributed by atoms with Crippen molar-refractivity contribution >= 4 is 22.6 Å². The number of hydrogen-bond acceptors (Lipinski definition) is 5. The van der Waals surface area contributed by atoms with E-state index in [-0.39, 0.29) is 11.8 Å². The molecule has 0 amide bonds. The third-order valence-electron chi connectivity index (χ3n) is 3.66. The summed E-state index contributed by atoms with van der Waals surface area (Å²) >= 11 is 0. The second-order valence-corrected chi connectivity index (χ2v) is 4.86. The summed E-state index contributed by atoms with van der Waals surface area (Å²) in [7, 11) is 1.72. The summed E-state index contributed by atoms with van der Waals surface area (Å²) in [5, 5.41) is 30.1. The van der Waals surface area contributed by atoms with Gasteiger partial charge in [-0.2, -0.15) is 0 Å². The topological polar surface area (TPSA) is 132 Å². The van der Waals surface area contributed by atoms with Crippen molar-refractivity contribution in [1.29, 1.82) is 0 Å². The van der Waals surface area contributed by atoms with Gasteiger partial charge in [0.2, 0.25) is 0 Å². The third kappa shape index (κ3) is 2.29. The lowest BCUT2D eigenvalue weighted by molar-refractivity contribution is -0.384. The number of fused-ring (bicyclic) bond motifs is 1. The number of aromatic hydroxyl groups is 1. The van der Waals surface area contributed by atoms with Crippen LogP contribution in [0.1, 0.15) is 11.3 Å². The number of nitrogens with zero attached hydrogens (tertiary/aromatic N) is 2. The summed E-state index contributed by atoms with van der Waals surface area (Å²) in [6.07, 6.45) is -0.0528. The molecule has 2 rings (SSSR count). The molecular weight excluding hydrogens is 278 g/mol. The van der Waals surface area contributed by atoms with Crippen LogP contribution in [0.25, 0.3) is 10.9 Å². The van der Waals surface area contributed by atoms with E-state index in [1.165, 1.54) is 6.07 Å². The molecule has 8 heteroatoms. The van der Waals surface area contributed by atoms with E-state index >= 15 is 0 Å². The second kappa shape index (κ2) is 5.06. The second-order valence-electron chi connectivity index (χ2n) is 4.86. The van der Waals surface area contributed by atoms with Crippen molar-refractivity contribution in [3.8, 4) is 5.75 Å². The van der Waals surface area contributed by atoms with Crippen LogP contribution in [0.5, 0.6) is 5.75 Å². The standard InChI is InChI=1S/C13H15N3O5/c1-6-7(5-8(14)13(18)19)11-9(15(6)2)3-4-10(17)12(11)16(20)21/h3-4,8,17H,5,14H2,1-2H3,(H,18,19). The number of benzene rings is 1. The normalized spacial score (nSPS) is 12.5. The molecule has 1 atom stereocenters. The molecule has 0 fully saturated rings. The summed E-state index contributed by atoms with van der Waals surface area (Å²) in [6, 6.07) is 1.64. The van der Waals surface area contributed by atoms with E-state index < -0.39 is 28.4 Å². The minimum absolute atomic E-state index is 0.0528. The highest BCUT2D eigenvalue weighted by atomic mass is 16.6. The first-order chi connectivity index (χ1) is 9.75. The number of hydrogen-bond donors (Lipinski definition) is 3. The van der Waals surface area contributed by atoms with E-state index in [0.29, 0.717) is 16.8 Å². The Labute approximate surface area is 119 Å². The summed E-state index contributed by atoms with van der Waals surface area (Å²) in [5.74, 6) is -1.64. The van der Waals surface area contributed by atoms with Gasteiger partial charge in [-0.25, -0.2) is 0 Å². The largest absolute Gasteiger partial charge is 0.502 e. The van der Waals surface area contributed by atoms with Gasteiger partial charge >= 0.3 is 11.7 Å². The van der Waals surface area contributed by atoms with Crippen LogP contribution >= 0.6 is 0 Å². The molecule has 0 aliphatic heterocycles. The molecule has 2 aromatic rings. The quantitative estimate of drug-likeness (QED) is 0.570. The number of aryl methyl sites for hydroxylation is 1. The molecule has 1 aromatic heterocycles. The van der Waals surface area contributed by atoms with Crippen LogP contribution in [0, 0.1) is 17.0 Å². The van der Waals surface area contributed by atoms with Gasteiger partial charge in [-0.05, 0) is 24.6 Å². The Hall–Kier alpha value is -2.61. The molecule has 1 heterocycles. The lowest BCUT2D eigenvalue weighted by Gasteiger charge is -2.07. The summed E-state index contributed by atoms with van der Waals surface area (Å²) in [4.78, 5) is 21.5. The van der Waals surface area contributed by atoms with Gasteiger partial charge in [0.1, 0.15) is 6.04 Å². The molecule has 0 aliphatic rings. The van der Waals surface area contributed by atoms with Crippen molar-refractivity contribution in [3.05, 3.63) is 33.5 Å². The number of rotatable bonds is 4. The molecule has 0 aliphatic carbocycles. The van der Waals surface area contributed by atoms with Crippen molar-refractivity contribution in [2.75, 3.05) is 0 Å². The third-order valence-corrected chi connectivity index (χ3v) is 3.66. The van der Waals surface area contributed by atoms with E-state index in [9.17, 15) is 20.0 Å². The van der Waals surface area contributed by atoms with Gasteiger partial charge in [-0.3, -0.25) is 14.9 Å². The van der Waals surface area contributed by atoms with Crippen LogP contribution < -0.4 is 5.73 Å². The number of nitro groups is 1. The highest BCUT2D eigenvalue weighted by Gasteiger charge is 2.27. The number of nitrogens with two attached hydrogens (primary N) is 1. The summed E-state index contributed by atoms with van der Waals surface area (Å²) in [6.45, 7) is 1.73. The molecule has 8 nitrogen and oxygen atoms in total. The monoisotopic (exact) mass is 293 g/mol. The first kappa shape index (κ1) is 14.8. The van der Waals surface area contributed by atoms with E-state index in [2.05, 4.69) is 0 Å². The van der Waals surface area contributed by atoms with Crippen molar-refractivity contribution < 1.29 is 19.9 Å². The van der Waals surface area contributed by atoms with Gasteiger partial charge in [0.15, 0.2) is 5.75 Å². The van der Waals surface area contributed by atoms with E-state index in [1.54, 1.807) is 24.6 Å². The molecule has 1 unspecified atom stereocenters. The molecule has 112 valence electrons. The molecule has 0 saturated heterocycles. The number of phenolic OH excluding ortho intramolecular Hbond substituents is 1. The maximum Gasteiger partial charge on any atom is 0.320 e. The van der Waals surface area contributed by atoms with E-state index in [0.717, 1.165) is 0 Å². The number of nitro benzene ring substituents is 1. The van der Waals surface area contributed by atoms with E-state index in [1.807, 2.05) is 0 Å². The summed E-state index contributed by atoms with van der Waals surface area (Å²) in [5.41, 5.74) is 6.80. The van der Waals surface area contributed by atoms with Gasteiger partial charge in [0, 0.05) is 19.2 Å². The first-order valence-electron chi connectivity index (χ1n) is 6.18. The SMILES string of the molecule is Cc1c(CC(N)C(=O)O)c2c([N+](=O)[O-])c(O)ccc2n1C. The Balaban J connectivity index is 2.80. The molecule has 21 heavy (non-hydrogen) atoms. The maximum atomic E-state index is 11.2. The number of carbonyl (C=O) groups is 1. The zero-order valence-corrected chi connectivity index (χ0v) is 11.5. The predicted octanol–water partition coefficient (Wildman–Crippen LogP) is 1.05. The van der Waals surface area contributed by atoms with Crippen molar-refractivity contribution in [1.82, 2.24) is 4.57 Å². The zero-order valence-electron chi connectivity index (χ0n) is 11.5. The van der Waals surface area contributed by atoms with Crippen molar-refractivity contribution in [2.45, 2.75) is 19.4 Å². The average Bonchev–Trinajstić information content (AvgIpc) is 2.63. The smallest absolute Gasteiger partial charge is 0.320 e. The van der Waals surface area contributed by atoms with Gasteiger partial charge in [0.05, 0.1) is 15.8 Å². The van der Waals surface area contributed by atoms with E-state index in [4.69, 9.17) is 10.8 Å². The minimum atomic E-state index is -1.19. The van der Waals surface area contributed by atoms with Gasteiger partial charge in [0.25, 0.3) is 0 Å². The molecular formula is C13H15N3O5. The predicted molar refractivity (Wildman–Crippen MR) is 75.3 cm³/mol. The lowest BCUT2D eigenvalue weighted by Crippen LogP contribution is -2.32. The first-order valence-corrected chi connectivity index (χ1v) is 6.18. The fraction of sp³-hybridized carbons (Fsp3) is 0.308. The number of aliphatic carboxylic acids is 1.